The number of carbonyl (C=O) groups excluding carboxylic acids is 2. The Morgan fingerprint density at radius 2 is 1.64 bits per heavy atom. The van der Waals surface area contributed by atoms with E-state index in [2.05, 4.69) is 15.8 Å². The highest BCUT2D eigenvalue weighted by molar-refractivity contribution is 6.35. The second kappa shape index (κ2) is 8.65. The molecule has 0 unspecified atom stereocenters. The minimum absolute atomic E-state index is 0.0261. The lowest BCUT2D eigenvalue weighted by molar-refractivity contribution is -0.115. The topological polar surface area (TPSA) is 70.6 Å². The fourth-order valence-corrected chi connectivity index (χ4v) is 2.54. The molecular formula is C18H17Cl2N3O2. The normalized spacial score (nSPS) is 11.1. The van der Waals surface area contributed by atoms with Crippen LogP contribution in [0.3, 0.4) is 0 Å². The van der Waals surface area contributed by atoms with Gasteiger partial charge in [-0.2, -0.15) is 5.10 Å². The zero-order valence-electron chi connectivity index (χ0n) is 13.8. The molecule has 25 heavy (non-hydrogen) atoms. The van der Waals surface area contributed by atoms with Gasteiger partial charge in [0.25, 0.3) is 5.91 Å². The number of halogens is 2. The number of hydrazone groups is 1. The van der Waals surface area contributed by atoms with E-state index in [9.17, 15) is 9.59 Å². The first-order valence-corrected chi connectivity index (χ1v) is 8.25. The lowest BCUT2D eigenvalue weighted by atomic mass is 10.1. The number of nitrogens with one attached hydrogen (secondary N) is 2. The summed E-state index contributed by atoms with van der Waals surface area (Å²) in [5.74, 6) is -0.620. The Bertz CT molecular complexity index is 797. The summed E-state index contributed by atoms with van der Waals surface area (Å²) in [7, 11) is 0. The highest BCUT2D eigenvalue weighted by atomic mass is 35.5. The molecule has 0 aromatic heterocycles. The lowest BCUT2D eigenvalue weighted by Crippen LogP contribution is -2.21. The van der Waals surface area contributed by atoms with Crippen LogP contribution in [0, 0.1) is 6.92 Å². The molecule has 0 atom stereocenters. The van der Waals surface area contributed by atoms with E-state index >= 15 is 0 Å². The fraction of sp³-hybridized carbons (Fsp3) is 0.167. The summed E-state index contributed by atoms with van der Waals surface area (Å²) in [4.78, 5) is 24.0. The van der Waals surface area contributed by atoms with Crippen molar-refractivity contribution in [2.24, 2.45) is 5.10 Å². The predicted molar refractivity (Wildman–Crippen MR) is 101 cm³/mol. The van der Waals surface area contributed by atoms with Crippen molar-refractivity contribution in [2.45, 2.75) is 20.3 Å². The summed E-state index contributed by atoms with van der Waals surface area (Å²) in [5.41, 5.74) is 4.96. The van der Waals surface area contributed by atoms with Crippen LogP contribution >= 0.6 is 23.2 Å². The number of nitrogens with zero attached hydrogens (tertiary/aromatic N) is 1. The van der Waals surface area contributed by atoms with Crippen molar-refractivity contribution < 1.29 is 9.59 Å². The van der Waals surface area contributed by atoms with Gasteiger partial charge in [0.2, 0.25) is 5.91 Å². The molecule has 130 valence electrons. The SMILES string of the molecule is C/C(CC(=O)Nc1cc(Cl)cc(Cl)c1)=N\NC(=O)c1ccc(C)cc1. The van der Waals surface area contributed by atoms with Gasteiger partial charge in [-0.1, -0.05) is 40.9 Å². The molecule has 0 radical (unpaired) electrons. The van der Waals surface area contributed by atoms with Crippen LogP contribution in [-0.4, -0.2) is 17.5 Å². The second-order valence-electron chi connectivity index (χ2n) is 5.54. The zero-order chi connectivity index (χ0) is 18.4. The molecule has 0 spiro atoms. The number of carbonyl (C=O) groups is 2. The molecule has 0 bridgehead atoms. The molecule has 2 N–H and O–H groups in total. The molecule has 2 amide bonds. The van der Waals surface area contributed by atoms with E-state index in [0.29, 0.717) is 27.0 Å². The van der Waals surface area contributed by atoms with Gasteiger partial charge >= 0.3 is 0 Å². The molecule has 0 aliphatic carbocycles. The van der Waals surface area contributed by atoms with Gasteiger partial charge in [-0.3, -0.25) is 9.59 Å². The van der Waals surface area contributed by atoms with Gasteiger partial charge in [-0.15, -0.1) is 0 Å². The number of hydrogen-bond donors (Lipinski definition) is 2. The first-order valence-electron chi connectivity index (χ1n) is 7.49. The molecule has 2 aromatic rings. The molecule has 5 nitrogen and oxygen atoms in total. The van der Waals surface area contributed by atoms with Crippen molar-refractivity contribution in [1.82, 2.24) is 5.43 Å². The fourth-order valence-electron chi connectivity index (χ4n) is 2.02. The number of benzene rings is 2. The van der Waals surface area contributed by atoms with E-state index in [0.717, 1.165) is 5.56 Å². The van der Waals surface area contributed by atoms with Crippen LogP contribution in [-0.2, 0) is 4.79 Å². The Balaban J connectivity index is 1.90. The number of anilines is 1. The average Bonchev–Trinajstić information content (AvgIpc) is 2.52. The van der Waals surface area contributed by atoms with Crippen LogP contribution in [0.1, 0.15) is 29.3 Å². The Morgan fingerprint density at radius 3 is 2.24 bits per heavy atom. The monoisotopic (exact) mass is 377 g/mol. The summed E-state index contributed by atoms with van der Waals surface area (Å²) >= 11 is 11.8. The van der Waals surface area contributed by atoms with E-state index in [1.807, 2.05) is 19.1 Å². The summed E-state index contributed by atoms with van der Waals surface area (Å²) in [6, 6.07) is 11.9. The van der Waals surface area contributed by atoms with E-state index in [1.54, 1.807) is 37.3 Å². The van der Waals surface area contributed by atoms with E-state index in [1.165, 1.54) is 0 Å². The molecule has 0 saturated carbocycles. The van der Waals surface area contributed by atoms with Crippen molar-refractivity contribution in [1.29, 1.82) is 0 Å². The Labute approximate surface area is 156 Å². The maximum Gasteiger partial charge on any atom is 0.271 e. The van der Waals surface area contributed by atoms with Gasteiger partial charge in [-0.25, -0.2) is 5.43 Å². The van der Waals surface area contributed by atoms with Gasteiger partial charge < -0.3 is 5.32 Å². The summed E-state index contributed by atoms with van der Waals surface area (Å²) < 4.78 is 0. The van der Waals surface area contributed by atoms with Crippen molar-refractivity contribution >= 4 is 46.4 Å². The molecule has 2 rings (SSSR count). The van der Waals surface area contributed by atoms with Gasteiger partial charge in [-0.05, 0) is 44.2 Å². The summed E-state index contributed by atoms with van der Waals surface area (Å²) in [6.45, 7) is 3.59. The van der Waals surface area contributed by atoms with Crippen LogP contribution < -0.4 is 10.7 Å². The molecule has 0 aliphatic heterocycles. The number of amides is 2. The highest BCUT2D eigenvalue weighted by Gasteiger charge is 2.08. The highest BCUT2D eigenvalue weighted by Crippen LogP contribution is 2.22. The quantitative estimate of drug-likeness (QED) is 0.597. The Hall–Kier alpha value is -2.37. The minimum Gasteiger partial charge on any atom is -0.326 e. The maximum absolute atomic E-state index is 12.0. The first kappa shape index (κ1) is 19.0. The Kier molecular flexibility index (Phi) is 6.56. The van der Waals surface area contributed by atoms with Crippen molar-refractivity contribution in [3.63, 3.8) is 0 Å². The van der Waals surface area contributed by atoms with Crippen LogP contribution in [0.4, 0.5) is 5.69 Å². The average molecular weight is 378 g/mol. The molecular weight excluding hydrogens is 361 g/mol. The van der Waals surface area contributed by atoms with Gasteiger partial charge in [0, 0.05) is 27.0 Å². The zero-order valence-corrected chi connectivity index (χ0v) is 15.3. The third kappa shape index (κ3) is 6.21. The molecule has 2 aromatic carbocycles. The van der Waals surface area contributed by atoms with Crippen molar-refractivity contribution in [3.8, 4) is 0 Å². The smallest absolute Gasteiger partial charge is 0.271 e. The number of aryl methyl sites for hydroxylation is 1. The standard InChI is InChI=1S/C18H17Cl2N3O2/c1-11-3-5-13(6-4-11)18(25)23-22-12(2)7-17(24)21-16-9-14(19)8-15(20)10-16/h3-6,8-10H,7H2,1-2H3,(H,21,24)(H,23,25)/b22-12+. The van der Waals surface area contributed by atoms with Gasteiger partial charge in [0.1, 0.15) is 0 Å². The van der Waals surface area contributed by atoms with Gasteiger partial charge in [0.15, 0.2) is 0 Å². The maximum atomic E-state index is 12.0. The largest absolute Gasteiger partial charge is 0.326 e. The van der Waals surface area contributed by atoms with E-state index in [-0.39, 0.29) is 18.2 Å². The molecule has 0 fully saturated rings. The van der Waals surface area contributed by atoms with Gasteiger partial charge in [0.05, 0.1) is 6.42 Å². The number of hydrogen-bond acceptors (Lipinski definition) is 3. The van der Waals surface area contributed by atoms with Crippen molar-refractivity contribution in [2.75, 3.05) is 5.32 Å². The Morgan fingerprint density at radius 1 is 1.04 bits per heavy atom. The summed E-state index contributed by atoms with van der Waals surface area (Å²) in [5, 5.41) is 7.48. The second-order valence-corrected chi connectivity index (χ2v) is 6.41. The first-order chi connectivity index (χ1) is 11.8. The van der Waals surface area contributed by atoms with E-state index < -0.39 is 0 Å². The van der Waals surface area contributed by atoms with Crippen LogP contribution in [0.15, 0.2) is 47.6 Å². The molecule has 7 heteroatoms. The van der Waals surface area contributed by atoms with Crippen LogP contribution in [0.5, 0.6) is 0 Å². The molecule has 0 heterocycles. The minimum atomic E-state index is -0.332. The molecule has 0 saturated heterocycles. The van der Waals surface area contributed by atoms with Crippen molar-refractivity contribution in [3.05, 3.63) is 63.6 Å². The lowest BCUT2D eigenvalue weighted by Gasteiger charge is -2.07. The van der Waals surface area contributed by atoms with E-state index in [4.69, 9.17) is 23.2 Å². The summed E-state index contributed by atoms with van der Waals surface area (Å²) in [6.07, 6.45) is 0.0261. The third-order valence-electron chi connectivity index (χ3n) is 3.22. The van der Waals surface area contributed by atoms with Crippen LogP contribution in [0.2, 0.25) is 10.0 Å². The predicted octanol–water partition coefficient (Wildman–Crippen LogP) is 4.44. The third-order valence-corrected chi connectivity index (χ3v) is 3.66. The van der Waals surface area contributed by atoms with Crippen LogP contribution in [0.25, 0.3) is 0 Å². The molecule has 0 aliphatic rings. The number of rotatable bonds is 5.